The van der Waals surface area contributed by atoms with Crippen molar-refractivity contribution in [3.05, 3.63) is 23.8 Å². The highest BCUT2D eigenvalue weighted by Crippen LogP contribution is 2.52. The highest BCUT2D eigenvalue weighted by Gasteiger charge is 2.40. The molecular formula is C17H20BrNO2. The standard InChI is InChI=1S/C17H20BrNO2/c18-14(7-13-6-10-1-2-11(13)5-10)12-3-4-16-15(8-12)19-17(20)9-21-16/h3-4,8,10-11,13-14H,1-2,5-7,9H2,(H,19,20). The van der Waals surface area contributed by atoms with Crippen LogP contribution in [0.1, 0.15) is 42.5 Å². The van der Waals surface area contributed by atoms with Crippen LogP contribution in [0.2, 0.25) is 0 Å². The quantitative estimate of drug-likeness (QED) is 0.827. The molecule has 4 atom stereocenters. The fourth-order valence-corrected chi connectivity index (χ4v) is 5.13. The van der Waals surface area contributed by atoms with Crippen molar-refractivity contribution < 1.29 is 9.53 Å². The van der Waals surface area contributed by atoms with Gasteiger partial charge in [-0.3, -0.25) is 4.79 Å². The van der Waals surface area contributed by atoms with Gasteiger partial charge in [0.25, 0.3) is 5.91 Å². The molecular weight excluding hydrogens is 330 g/mol. The summed E-state index contributed by atoms with van der Waals surface area (Å²) in [5.41, 5.74) is 2.04. The molecule has 1 aromatic rings. The summed E-state index contributed by atoms with van der Waals surface area (Å²) in [6.07, 6.45) is 6.96. The predicted molar refractivity (Wildman–Crippen MR) is 85.8 cm³/mol. The van der Waals surface area contributed by atoms with Crippen LogP contribution in [0.4, 0.5) is 5.69 Å². The Balaban J connectivity index is 1.48. The van der Waals surface area contributed by atoms with Gasteiger partial charge in [0, 0.05) is 4.83 Å². The van der Waals surface area contributed by atoms with E-state index in [4.69, 9.17) is 4.74 Å². The number of carbonyl (C=O) groups is 1. The molecule has 112 valence electrons. The van der Waals surface area contributed by atoms with Crippen LogP contribution in [0, 0.1) is 17.8 Å². The number of fused-ring (bicyclic) bond motifs is 3. The molecule has 1 N–H and O–H groups in total. The van der Waals surface area contributed by atoms with Crippen molar-refractivity contribution in [2.75, 3.05) is 11.9 Å². The molecule has 2 aliphatic carbocycles. The van der Waals surface area contributed by atoms with Crippen molar-refractivity contribution in [2.45, 2.75) is 36.9 Å². The van der Waals surface area contributed by atoms with Gasteiger partial charge >= 0.3 is 0 Å². The van der Waals surface area contributed by atoms with E-state index in [1.54, 1.807) is 0 Å². The summed E-state index contributed by atoms with van der Waals surface area (Å²) in [5.74, 6) is 3.53. The summed E-state index contributed by atoms with van der Waals surface area (Å²) in [6.45, 7) is 0.120. The van der Waals surface area contributed by atoms with E-state index in [1.807, 2.05) is 6.07 Å². The molecule has 1 heterocycles. The Kier molecular flexibility index (Phi) is 3.44. The van der Waals surface area contributed by atoms with Crippen LogP contribution < -0.4 is 10.1 Å². The van der Waals surface area contributed by atoms with E-state index in [9.17, 15) is 4.79 Å². The molecule has 1 aliphatic heterocycles. The number of benzene rings is 1. The van der Waals surface area contributed by atoms with Crippen LogP contribution in [0.5, 0.6) is 5.75 Å². The molecule has 0 radical (unpaired) electrons. The average molecular weight is 350 g/mol. The van der Waals surface area contributed by atoms with Gasteiger partial charge in [-0.05, 0) is 61.1 Å². The van der Waals surface area contributed by atoms with Crippen LogP contribution in [-0.2, 0) is 4.79 Å². The zero-order valence-corrected chi connectivity index (χ0v) is 13.6. The van der Waals surface area contributed by atoms with Crippen LogP contribution in [0.15, 0.2) is 18.2 Å². The second kappa shape index (κ2) is 5.31. The van der Waals surface area contributed by atoms with Gasteiger partial charge in [0.2, 0.25) is 0 Å². The van der Waals surface area contributed by atoms with Crippen LogP contribution >= 0.6 is 15.9 Å². The van der Waals surface area contributed by atoms with Gasteiger partial charge in [-0.25, -0.2) is 0 Å². The van der Waals surface area contributed by atoms with Gasteiger partial charge in [-0.2, -0.15) is 0 Å². The minimum Gasteiger partial charge on any atom is -0.482 e. The summed E-state index contributed by atoms with van der Waals surface area (Å²) in [7, 11) is 0. The molecule has 0 spiro atoms. The molecule has 2 fully saturated rings. The van der Waals surface area contributed by atoms with E-state index < -0.39 is 0 Å². The number of amides is 1. The molecule has 4 rings (SSSR count). The second-order valence-corrected chi connectivity index (χ2v) is 7.84. The lowest BCUT2D eigenvalue weighted by Gasteiger charge is -2.25. The first-order valence-corrected chi connectivity index (χ1v) is 8.81. The zero-order valence-electron chi connectivity index (χ0n) is 12.0. The Morgan fingerprint density at radius 1 is 1.33 bits per heavy atom. The second-order valence-electron chi connectivity index (χ2n) is 6.73. The average Bonchev–Trinajstić information content (AvgIpc) is 3.09. The van der Waals surface area contributed by atoms with Crippen molar-refractivity contribution in [1.29, 1.82) is 0 Å². The minimum absolute atomic E-state index is 0.0705. The molecule has 1 amide bonds. The van der Waals surface area contributed by atoms with Gasteiger partial charge in [-0.15, -0.1) is 0 Å². The number of hydrogen-bond donors (Lipinski definition) is 1. The van der Waals surface area contributed by atoms with E-state index in [2.05, 4.69) is 33.4 Å². The summed E-state index contributed by atoms with van der Waals surface area (Å²) in [6, 6.07) is 6.14. The third-order valence-corrected chi connectivity index (χ3v) is 6.29. The first kappa shape index (κ1) is 13.6. The molecule has 3 aliphatic rings. The summed E-state index contributed by atoms with van der Waals surface area (Å²) < 4.78 is 5.42. The summed E-state index contributed by atoms with van der Waals surface area (Å²) in [4.78, 5) is 11.8. The van der Waals surface area contributed by atoms with Crippen molar-refractivity contribution in [3.63, 3.8) is 0 Å². The first-order valence-electron chi connectivity index (χ1n) is 7.89. The summed E-state index contributed by atoms with van der Waals surface area (Å²) in [5, 5.41) is 2.89. The normalized spacial score (nSPS) is 31.5. The van der Waals surface area contributed by atoms with E-state index in [1.165, 1.54) is 37.7 Å². The number of nitrogens with one attached hydrogen (secondary N) is 1. The van der Waals surface area contributed by atoms with Gasteiger partial charge in [0.05, 0.1) is 5.69 Å². The third-order valence-electron chi connectivity index (χ3n) is 5.39. The fraction of sp³-hybridized carbons (Fsp3) is 0.588. The Morgan fingerprint density at radius 3 is 3.00 bits per heavy atom. The molecule has 2 bridgehead atoms. The fourth-order valence-electron chi connectivity index (χ4n) is 4.36. The molecule has 0 aromatic heterocycles. The molecule has 0 saturated heterocycles. The highest BCUT2D eigenvalue weighted by molar-refractivity contribution is 9.09. The Bertz CT molecular complexity index is 574. The molecule has 1 aromatic carbocycles. The van der Waals surface area contributed by atoms with E-state index >= 15 is 0 Å². The number of anilines is 1. The maximum Gasteiger partial charge on any atom is 0.262 e. The number of alkyl halides is 1. The van der Waals surface area contributed by atoms with Crippen molar-refractivity contribution in [1.82, 2.24) is 0 Å². The Hall–Kier alpha value is -1.03. The van der Waals surface area contributed by atoms with Crippen molar-refractivity contribution >= 4 is 27.5 Å². The number of halogens is 1. The first-order chi connectivity index (χ1) is 10.2. The number of carbonyl (C=O) groups excluding carboxylic acids is 1. The number of rotatable bonds is 3. The largest absolute Gasteiger partial charge is 0.482 e. The third kappa shape index (κ3) is 2.59. The number of hydrogen-bond acceptors (Lipinski definition) is 2. The molecule has 3 nitrogen and oxygen atoms in total. The lowest BCUT2D eigenvalue weighted by Crippen LogP contribution is -2.25. The van der Waals surface area contributed by atoms with Crippen molar-refractivity contribution in [3.8, 4) is 5.75 Å². The predicted octanol–water partition coefficient (Wildman–Crippen LogP) is 4.28. The van der Waals surface area contributed by atoms with E-state index in [0.717, 1.165) is 29.2 Å². The maximum atomic E-state index is 11.4. The zero-order chi connectivity index (χ0) is 14.4. The smallest absolute Gasteiger partial charge is 0.262 e. The molecule has 4 unspecified atom stereocenters. The Labute approximate surface area is 133 Å². The lowest BCUT2D eigenvalue weighted by atomic mass is 9.84. The highest BCUT2D eigenvalue weighted by atomic mass is 79.9. The van der Waals surface area contributed by atoms with E-state index in [0.29, 0.717) is 4.83 Å². The van der Waals surface area contributed by atoms with Gasteiger partial charge in [-0.1, -0.05) is 28.4 Å². The van der Waals surface area contributed by atoms with Crippen LogP contribution in [0.3, 0.4) is 0 Å². The monoisotopic (exact) mass is 349 g/mol. The molecule has 4 heteroatoms. The summed E-state index contributed by atoms with van der Waals surface area (Å²) >= 11 is 3.86. The van der Waals surface area contributed by atoms with Crippen molar-refractivity contribution in [2.24, 2.45) is 17.8 Å². The van der Waals surface area contributed by atoms with Gasteiger partial charge in [0.15, 0.2) is 6.61 Å². The van der Waals surface area contributed by atoms with Gasteiger partial charge < -0.3 is 10.1 Å². The Morgan fingerprint density at radius 2 is 2.24 bits per heavy atom. The van der Waals surface area contributed by atoms with Crippen LogP contribution in [0.25, 0.3) is 0 Å². The topological polar surface area (TPSA) is 38.3 Å². The SMILES string of the molecule is O=C1COc2ccc(C(Br)CC3CC4CCC3C4)cc2N1. The lowest BCUT2D eigenvalue weighted by molar-refractivity contribution is -0.118. The van der Waals surface area contributed by atoms with E-state index in [-0.39, 0.29) is 12.5 Å². The maximum absolute atomic E-state index is 11.4. The van der Waals surface area contributed by atoms with Gasteiger partial charge in [0.1, 0.15) is 5.75 Å². The van der Waals surface area contributed by atoms with Crippen LogP contribution in [-0.4, -0.2) is 12.5 Å². The molecule has 21 heavy (non-hydrogen) atoms. The minimum atomic E-state index is -0.0705. The number of ether oxygens (including phenoxy) is 1. The molecule has 2 saturated carbocycles.